The molecule has 0 rings (SSSR count). The standard InChI is InChI=1S/C12H19Cl/c1-6-8-9-11(13)10(3)12(4,5)7-2/h6,8-9H,1,7H2,2-5H3. The Hall–Kier alpha value is -0.490. The quantitative estimate of drug-likeness (QED) is 0.576. The Labute approximate surface area is 87.0 Å². The van der Waals surface area contributed by atoms with Crippen molar-refractivity contribution in [3.63, 3.8) is 0 Å². The van der Waals surface area contributed by atoms with Gasteiger partial charge in [-0.1, -0.05) is 51.1 Å². The first-order valence-electron chi connectivity index (χ1n) is 4.61. The van der Waals surface area contributed by atoms with Crippen molar-refractivity contribution in [1.29, 1.82) is 0 Å². The van der Waals surface area contributed by atoms with Crippen LogP contribution in [0.2, 0.25) is 0 Å². The van der Waals surface area contributed by atoms with Crippen LogP contribution < -0.4 is 0 Å². The van der Waals surface area contributed by atoms with Gasteiger partial charge in [-0.15, -0.1) is 0 Å². The first-order valence-corrected chi connectivity index (χ1v) is 4.99. The van der Waals surface area contributed by atoms with Gasteiger partial charge >= 0.3 is 0 Å². The summed E-state index contributed by atoms with van der Waals surface area (Å²) in [4.78, 5) is 0. The number of hydrogen-bond acceptors (Lipinski definition) is 0. The summed E-state index contributed by atoms with van der Waals surface area (Å²) in [6.45, 7) is 12.3. The van der Waals surface area contributed by atoms with Crippen molar-refractivity contribution < 1.29 is 0 Å². The van der Waals surface area contributed by atoms with E-state index in [1.807, 2.05) is 12.2 Å². The van der Waals surface area contributed by atoms with Gasteiger partial charge in [0.2, 0.25) is 0 Å². The van der Waals surface area contributed by atoms with E-state index in [9.17, 15) is 0 Å². The number of rotatable bonds is 4. The minimum Gasteiger partial charge on any atom is -0.0991 e. The van der Waals surface area contributed by atoms with E-state index in [1.165, 1.54) is 5.57 Å². The van der Waals surface area contributed by atoms with Crippen molar-refractivity contribution in [3.05, 3.63) is 35.4 Å². The average molecular weight is 199 g/mol. The largest absolute Gasteiger partial charge is 0.0991 e. The Balaban J connectivity index is 4.80. The molecule has 0 spiro atoms. The lowest BCUT2D eigenvalue weighted by molar-refractivity contribution is 0.428. The fourth-order valence-corrected chi connectivity index (χ4v) is 1.19. The third-order valence-corrected chi connectivity index (χ3v) is 3.05. The van der Waals surface area contributed by atoms with Crippen LogP contribution in [-0.4, -0.2) is 0 Å². The van der Waals surface area contributed by atoms with Crippen LogP contribution >= 0.6 is 11.6 Å². The zero-order chi connectivity index (χ0) is 10.5. The molecule has 0 aliphatic heterocycles. The monoisotopic (exact) mass is 198 g/mol. The van der Waals surface area contributed by atoms with E-state index < -0.39 is 0 Å². The van der Waals surface area contributed by atoms with Gasteiger partial charge in [-0.2, -0.15) is 0 Å². The molecule has 0 aromatic heterocycles. The summed E-state index contributed by atoms with van der Waals surface area (Å²) in [7, 11) is 0. The van der Waals surface area contributed by atoms with Gasteiger partial charge in [0.15, 0.2) is 0 Å². The van der Waals surface area contributed by atoms with Crippen LogP contribution in [0.5, 0.6) is 0 Å². The summed E-state index contributed by atoms with van der Waals surface area (Å²) in [5.74, 6) is 0. The highest BCUT2D eigenvalue weighted by Gasteiger charge is 2.19. The Bertz CT molecular complexity index is 232. The molecule has 0 aromatic carbocycles. The second-order valence-electron chi connectivity index (χ2n) is 3.81. The van der Waals surface area contributed by atoms with E-state index >= 15 is 0 Å². The van der Waals surface area contributed by atoms with Gasteiger partial charge in [0.1, 0.15) is 0 Å². The fraction of sp³-hybridized carbons (Fsp3) is 0.500. The molecular formula is C12H19Cl. The normalized spacial score (nSPS) is 14.5. The van der Waals surface area contributed by atoms with Gasteiger partial charge in [0.25, 0.3) is 0 Å². The SMILES string of the molecule is C=CC=CC(Cl)=C(C)C(C)(C)CC. The highest BCUT2D eigenvalue weighted by Crippen LogP contribution is 2.33. The third kappa shape index (κ3) is 3.82. The molecular weight excluding hydrogens is 180 g/mol. The van der Waals surface area contributed by atoms with Crippen molar-refractivity contribution in [3.8, 4) is 0 Å². The Morgan fingerprint density at radius 2 is 2.00 bits per heavy atom. The summed E-state index contributed by atoms with van der Waals surface area (Å²) >= 11 is 6.12. The summed E-state index contributed by atoms with van der Waals surface area (Å²) < 4.78 is 0. The molecule has 0 nitrogen and oxygen atoms in total. The summed E-state index contributed by atoms with van der Waals surface area (Å²) in [6.07, 6.45) is 6.57. The van der Waals surface area contributed by atoms with Crippen molar-refractivity contribution in [2.45, 2.75) is 34.1 Å². The zero-order valence-corrected chi connectivity index (χ0v) is 9.78. The first-order chi connectivity index (χ1) is 5.95. The molecule has 0 atom stereocenters. The topological polar surface area (TPSA) is 0 Å². The molecule has 0 aromatic rings. The number of halogens is 1. The molecule has 1 heteroatoms. The molecule has 0 aliphatic carbocycles. The smallest absolute Gasteiger partial charge is 0.0400 e. The number of allylic oxidation sites excluding steroid dienone is 5. The molecule has 0 amide bonds. The highest BCUT2D eigenvalue weighted by atomic mass is 35.5. The minimum absolute atomic E-state index is 0.183. The van der Waals surface area contributed by atoms with E-state index in [0.717, 1.165) is 11.5 Å². The predicted molar refractivity (Wildman–Crippen MR) is 62.0 cm³/mol. The second-order valence-corrected chi connectivity index (χ2v) is 4.21. The van der Waals surface area contributed by atoms with Gasteiger partial charge in [0.05, 0.1) is 0 Å². The van der Waals surface area contributed by atoms with Crippen LogP contribution in [0.4, 0.5) is 0 Å². The lowest BCUT2D eigenvalue weighted by Gasteiger charge is -2.24. The third-order valence-electron chi connectivity index (χ3n) is 2.64. The maximum atomic E-state index is 6.12. The van der Waals surface area contributed by atoms with Crippen LogP contribution in [0.15, 0.2) is 35.4 Å². The molecule has 74 valence electrons. The van der Waals surface area contributed by atoms with Crippen molar-refractivity contribution in [1.82, 2.24) is 0 Å². The predicted octanol–water partition coefficient (Wildman–Crippen LogP) is 4.68. The van der Waals surface area contributed by atoms with Gasteiger partial charge in [-0.25, -0.2) is 0 Å². The van der Waals surface area contributed by atoms with Crippen LogP contribution in [-0.2, 0) is 0 Å². The first kappa shape index (κ1) is 12.5. The lowest BCUT2D eigenvalue weighted by atomic mass is 9.82. The maximum absolute atomic E-state index is 6.12. The maximum Gasteiger partial charge on any atom is 0.0400 e. The van der Waals surface area contributed by atoms with Crippen LogP contribution in [0.3, 0.4) is 0 Å². The molecule has 0 fully saturated rings. The van der Waals surface area contributed by atoms with E-state index in [4.69, 9.17) is 11.6 Å². The van der Waals surface area contributed by atoms with Gasteiger partial charge in [-0.3, -0.25) is 0 Å². The molecule has 0 radical (unpaired) electrons. The molecule has 0 bridgehead atoms. The average Bonchev–Trinajstić information content (AvgIpc) is 2.12. The second kappa shape index (κ2) is 5.29. The number of hydrogen-bond donors (Lipinski definition) is 0. The molecule has 0 unspecified atom stereocenters. The van der Waals surface area contributed by atoms with E-state index in [2.05, 4.69) is 34.3 Å². The molecule has 0 N–H and O–H groups in total. The molecule has 0 heterocycles. The van der Waals surface area contributed by atoms with E-state index in [1.54, 1.807) is 6.08 Å². The van der Waals surface area contributed by atoms with Gasteiger partial charge < -0.3 is 0 Å². The van der Waals surface area contributed by atoms with Crippen LogP contribution in [0.25, 0.3) is 0 Å². The van der Waals surface area contributed by atoms with Gasteiger partial charge in [-0.05, 0) is 30.4 Å². The van der Waals surface area contributed by atoms with Crippen LogP contribution in [0, 0.1) is 5.41 Å². The molecule has 0 aliphatic rings. The van der Waals surface area contributed by atoms with Gasteiger partial charge in [0, 0.05) is 5.03 Å². The summed E-state index contributed by atoms with van der Waals surface area (Å²) in [6, 6.07) is 0. The van der Waals surface area contributed by atoms with Crippen molar-refractivity contribution in [2.24, 2.45) is 5.41 Å². The lowest BCUT2D eigenvalue weighted by Crippen LogP contribution is -2.11. The van der Waals surface area contributed by atoms with E-state index in [0.29, 0.717) is 0 Å². The molecule has 13 heavy (non-hydrogen) atoms. The Morgan fingerprint density at radius 3 is 2.38 bits per heavy atom. The Morgan fingerprint density at radius 1 is 1.46 bits per heavy atom. The Kier molecular flexibility index (Phi) is 5.09. The summed E-state index contributed by atoms with van der Waals surface area (Å²) in [5.41, 5.74) is 1.41. The molecule has 0 saturated carbocycles. The minimum atomic E-state index is 0.183. The fourth-order valence-electron chi connectivity index (χ4n) is 0.866. The van der Waals surface area contributed by atoms with Crippen LogP contribution in [0.1, 0.15) is 34.1 Å². The van der Waals surface area contributed by atoms with E-state index in [-0.39, 0.29) is 5.41 Å². The van der Waals surface area contributed by atoms with Crippen molar-refractivity contribution in [2.75, 3.05) is 0 Å². The van der Waals surface area contributed by atoms with Crippen molar-refractivity contribution >= 4 is 11.6 Å². The zero-order valence-electron chi connectivity index (χ0n) is 9.02. The highest BCUT2D eigenvalue weighted by molar-refractivity contribution is 6.31. The summed E-state index contributed by atoms with van der Waals surface area (Å²) in [5, 5.41) is 0.826. The molecule has 0 saturated heterocycles.